The number of aliphatic hydroxyl groups is 5. The highest BCUT2D eigenvalue weighted by Gasteiger charge is 2.44. The van der Waals surface area contributed by atoms with Crippen LogP contribution in [0.25, 0.3) is 0 Å². The van der Waals surface area contributed by atoms with Gasteiger partial charge in [-0.15, -0.1) is 0 Å². The lowest BCUT2D eigenvalue weighted by Gasteiger charge is -2.40. The summed E-state index contributed by atoms with van der Waals surface area (Å²) in [5.74, 6) is -0.226. The third kappa shape index (κ3) is 39.7. The monoisotopic (exact) mass is 1000 g/mol. The highest BCUT2D eigenvalue weighted by Crippen LogP contribution is 2.23. The zero-order chi connectivity index (χ0) is 51.7. The fourth-order valence-electron chi connectivity index (χ4n) is 9.06. The molecule has 0 aromatic rings. The normalized spacial score (nSPS) is 19.5. The highest BCUT2D eigenvalue weighted by atomic mass is 16.7. The molecule has 1 heterocycles. The second-order valence-electron chi connectivity index (χ2n) is 20.3. The van der Waals surface area contributed by atoms with Crippen LogP contribution in [0, 0.1) is 0 Å². The minimum absolute atomic E-state index is 0.0112. The maximum atomic E-state index is 13.0. The van der Waals surface area contributed by atoms with Crippen LogP contribution in [0.2, 0.25) is 0 Å². The van der Waals surface area contributed by atoms with Crippen molar-refractivity contribution in [3.63, 3.8) is 0 Å². The number of amides is 1. The lowest BCUT2D eigenvalue weighted by Crippen LogP contribution is -2.60. The Labute approximate surface area is 434 Å². The Balaban J connectivity index is 2.04. The van der Waals surface area contributed by atoms with Crippen molar-refractivity contribution in [2.24, 2.45) is 0 Å². The first-order valence-corrected chi connectivity index (χ1v) is 29.4. The number of hydrogen-bond acceptors (Lipinski definition) is 10. The summed E-state index contributed by atoms with van der Waals surface area (Å²) >= 11 is 0. The fraction of sp³-hybridized carbons (Fsp3) is 0.833. The average molecular weight is 1000 g/mol. The van der Waals surface area contributed by atoms with Gasteiger partial charge in [-0.1, -0.05) is 216 Å². The van der Waals surface area contributed by atoms with Crippen molar-refractivity contribution >= 4 is 11.9 Å². The Kier molecular flexibility index (Phi) is 46.7. The van der Waals surface area contributed by atoms with Crippen LogP contribution in [0.3, 0.4) is 0 Å². The van der Waals surface area contributed by atoms with Crippen molar-refractivity contribution < 1.29 is 49.3 Å². The highest BCUT2D eigenvalue weighted by molar-refractivity contribution is 5.76. The van der Waals surface area contributed by atoms with E-state index in [1.807, 2.05) is 19.1 Å². The molecule has 7 unspecified atom stereocenters. The summed E-state index contributed by atoms with van der Waals surface area (Å²) in [4.78, 5) is 25.1. The van der Waals surface area contributed by atoms with E-state index in [2.05, 4.69) is 42.6 Å². The van der Waals surface area contributed by atoms with Crippen molar-refractivity contribution in [1.29, 1.82) is 0 Å². The van der Waals surface area contributed by atoms with E-state index < -0.39 is 49.5 Å². The summed E-state index contributed by atoms with van der Waals surface area (Å²) in [6.07, 6.45) is 52.4. The maximum absolute atomic E-state index is 13.0. The van der Waals surface area contributed by atoms with Gasteiger partial charge in [-0.25, -0.2) is 0 Å². The predicted octanol–water partition coefficient (Wildman–Crippen LogP) is 13.3. The van der Waals surface area contributed by atoms with E-state index in [1.165, 1.54) is 135 Å². The van der Waals surface area contributed by atoms with Gasteiger partial charge in [-0.2, -0.15) is 0 Å². The molecule has 1 saturated heterocycles. The van der Waals surface area contributed by atoms with Crippen LogP contribution in [-0.2, 0) is 23.8 Å². The van der Waals surface area contributed by atoms with Crippen molar-refractivity contribution in [1.82, 2.24) is 5.32 Å². The number of hydrogen-bond donors (Lipinski definition) is 6. The average Bonchev–Trinajstić information content (AvgIpc) is 3.37. The molecule has 1 rings (SSSR count). The SMILES string of the molecule is C/C=C/CC/C=C/CC/C=C/C(O)C(COC1OC(CO)C(O)C(O)C1O)NC(=O)CCCCCCC/C=C\CCCCCCCCCCCOC(=O)CCCCCCCCCCCCCCCCCC. The molecule has 1 aliphatic rings. The molecule has 11 heteroatoms. The Morgan fingerprint density at radius 1 is 0.535 bits per heavy atom. The van der Waals surface area contributed by atoms with Crippen LogP contribution in [0.15, 0.2) is 48.6 Å². The summed E-state index contributed by atoms with van der Waals surface area (Å²) in [6, 6.07) is -0.844. The minimum Gasteiger partial charge on any atom is -0.466 e. The van der Waals surface area contributed by atoms with Crippen LogP contribution in [0.5, 0.6) is 0 Å². The van der Waals surface area contributed by atoms with Gasteiger partial charge in [0, 0.05) is 12.8 Å². The first-order valence-electron chi connectivity index (χ1n) is 29.4. The summed E-state index contributed by atoms with van der Waals surface area (Å²) < 4.78 is 16.6. The molecule has 0 spiro atoms. The Morgan fingerprint density at radius 2 is 0.972 bits per heavy atom. The van der Waals surface area contributed by atoms with E-state index in [-0.39, 0.29) is 18.5 Å². The number of aliphatic hydroxyl groups excluding tert-OH is 5. The number of unbranched alkanes of at least 4 members (excludes halogenated alkanes) is 31. The number of allylic oxidation sites excluding steroid dienone is 7. The number of esters is 1. The maximum Gasteiger partial charge on any atom is 0.305 e. The number of nitrogens with one attached hydrogen (secondary N) is 1. The molecule has 11 nitrogen and oxygen atoms in total. The molecule has 71 heavy (non-hydrogen) atoms. The summed E-state index contributed by atoms with van der Waals surface area (Å²) in [5.41, 5.74) is 0. The molecule has 1 aliphatic heterocycles. The Hall–Kier alpha value is -2.38. The van der Waals surface area contributed by atoms with Gasteiger partial charge >= 0.3 is 5.97 Å². The summed E-state index contributed by atoms with van der Waals surface area (Å²) in [6.45, 7) is 4.06. The first kappa shape index (κ1) is 66.6. The second-order valence-corrected chi connectivity index (χ2v) is 20.3. The van der Waals surface area contributed by atoms with Crippen LogP contribution < -0.4 is 5.32 Å². The van der Waals surface area contributed by atoms with Gasteiger partial charge in [0.1, 0.15) is 24.4 Å². The summed E-state index contributed by atoms with van der Waals surface area (Å²) in [7, 11) is 0. The van der Waals surface area contributed by atoms with Gasteiger partial charge in [0.05, 0.1) is 32.0 Å². The third-order valence-electron chi connectivity index (χ3n) is 13.7. The van der Waals surface area contributed by atoms with Gasteiger partial charge in [-0.05, 0) is 77.6 Å². The van der Waals surface area contributed by atoms with E-state index in [0.29, 0.717) is 25.9 Å². The second kappa shape index (κ2) is 49.8. The molecule has 1 amide bonds. The molecule has 0 aliphatic carbocycles. The lowest BCUT2D eigenvalue weighted by molar-refractivity contribution is -0.302. The van der Waals surface area contributed by atoms with Crippen molar-refractivity contribution in [2.45, 2.75) is 301 Å². The molecule has 6 N–H and O–H groups in total. The smallest absolute Gasteiger partial charge is 0.305 e. The Bertz CT molecular complexity index is 1320. The van der Waals surface area contributed by atoms with E-state index in [1.54, 1.807) is 6.08 Å². The minimum atomic E-state index is -1.58. The third-order valence-corrected chi connectivity index (χ3v) is 13.7. The van der Waals surface area contributed by atoms with Crippen LogP contribution in [-0.4, -0.2) is 100 Å². The van der Waals surface area contributed by atoms with E-state index in [4.69, 9.17) is 14.2 Å². The zero-order valence-corrected chi connectivity index (χ0v) is 45.4. The molecule has 1 fully saturated rings. The zero-order valence-electron chi connectivity index (χ0n) is 45.4. The first-order chi connectivity index (χ1) is 34.7. The van der Waals surface area contributed by atoms with E-state index >= 15 is 0 Å². The van der Waals surface area contributed by atoms with Gasteiger partial charge in [0.25, 0.3) is 0 Å². The topological polar surface area (TPSA) is 175 Å². The fourth-order valence-corrected chi connectivity index (χ4v) is 9.06. The van der Waals surface area contributed by atoms with Crippen LogP contribution in [0.1, 0.15) is 258 Å². The van der Waals surface area contributed by atoms with Gasteiger partial charge < -0.3 is 45.1 Å². The van der Waals surface area contributed by atoms with E-state index in [9.17, 15) is 35.1 Å². The molecule has 0 saturated carbocycles. The molecule has 414 valence electrons. The standard InChI is InChI=1S/C60H109NO10/c1-3-5-7-9-11-13-14-15-16-22-25-28-32-36-40-44-48-56(65)69-49-45-41-37-33-29-26-23-20-18-17-19-21-24-27-31-35-39-43-47-55(64)61-52(53(63)46-42-38-34-30-12-10-8-6-4-2)51-70-60-59(68)58(67)57(66)54(50-62)71-60/h4,6,12,19,21,30,42,46,52-54,57-60,62-63,66-68H,3,5,7-11,13-18,20,22-29,31-41,43-45,47-51H2,1-2H3,(H,61,64)/b6-4+,21-19-,30-12+,46-42+. The lowest BCUT2D eigenvalue weighted by atomic mass is 9.99. The summed E-state index contributed by atoms with van der Waals surface area (Å²) in [5, 5.41) is 54.1. The van der Waals surface area contributed by atoms with Crippen LogP contribution in [0.4, 0.5) is 0 Å². The van der Waals surface area contributed by atoms with Crippen LogP contribution >= 0.6 is 0 Å². The molecule has 0 radical (unpaired) electrons. The quantitative estimate of drug-likeness (QED) is 0.0195. The molecule has 0 bridgehead atoms. The molecule has 7 atom stereocenters. The number of carbonyl (C=O) groups is 2. The van der Waals surface area contributed by atoms with E-state index in [0.717, 1.165) is 89.9 Å². The largest absolute Gasteiger partial charge is 0.466 e. The molecule has 0 aromatic heterocycles. The molecular weight excluding hydrogens is 895 g/mol. The molecule has 0 aromatic carbocycles. The Morgan fingerprint density at radius 3 is 1.48 bits per heavy atom. The van der Waals surface area contributed by atoms with Crippen molar-refractivity contribution in [3.8, 4) is 0 Å². The van der Waals surface area contributed by atoms with Gasteiger partial charge in [-0.3, -0.25) is 9.59 Å². The predicted molar refractivity (Wildman–Crippen MR) is 292 cm³/mol. The number of carbonyl (C=O) groups excluding carboxylic acids is 2. The van der Waals surface area contributed by atoms with Crippen molar-refractivity contribution in [3.05, 3.63) is 48.6 Å². The van der Waals surface area contributed by atoms with Gasteiger partial charge in [0.2, 0.25) is 5.91 Å². The van der Waals surface area contributed by atoms with Crippen molar-refractivity contribution in [2.75, 3.05) is 19.8 Å². The number of rotatable bonds is 50. The molecular formula is C60H109NO10. The van der Waals surface area contributed by atoms with Gasteiger partial charge in [0.15, 0.2) is 6.29 Å². The number of ether oxygens (including phenoxy) is 3.